The predicted molar refractivity (Wildman–Crippen MR) is 245 cm³/mol. The van der Waals surface area contributed by atoms with Crippen molar-refractivity contribution in [1.82, 2.24) is 30.4 Å². The number of furan rings is 2. The quantitative estimate of drug-likeness (QED) is 0.0614. The highest BCUT2D eigenvalue weighted by atomic mass is 16.6. The molecule has 8 rings (SSSR count). The molecule has 2 aliphatic rings. The first-order chi connectivity index (χ1) is 32.2. The van der Waals surface area contributed by atoms with Crippen LogP contribution in [0.2, 0.25) is 0 Å². The lowest BCUT2D eigenvalue weighted by atomic mass is 10.0. The number of ether oxygens (including phenoxy) is 4. The van der Waals surface area contributed by atoms with Gasteiger partial charge in [0.15, 0.2) is 0 Å². The molecule has 16 heteroatoms. The smallest absolute Gasteiger partial charge is 0.418 e. The molecule has 2 aliphatic heterocycles. The summed E-state index contributed by atoms with van der Waals surface area (Å²) in [4.78, 5) is 67.0. The maximum atomic E-state index is 14.1. The third kappa shape index (κ3) is 11.7. The van der Waals surface area contributed by atoms with Gasteiger partial charge in [-0.1, -0.05) is 0 Å². The molecule has 342 valence electrons. The fourth-order valence-corrected chi connectivity index (χ4v) is 8.44. The van der Waals surface area contributed by atoms with Crippen molar-refractivity contribution < 1.29 is 47.0 Å². The molecule has 0 saturated carbocycles. The molecule has 0 unspecified atom stereocenters. The van der Waals surface area contributed by atoms with E-state index in [0.29, 0.717) is 108 Å². The minimum Gasteiger partial charge on any atom is -0.497 e. The van der Waals surface area contributed by atoms with Gasteiger partial charge in [-0.15, -0.1) is 0 Å². The van der Waals surface area contributed by atoms with Gasteiger partial charge in [0.05, 0.1) is 37.8 Å². The standard InChI is InChI=1S/C50H52N6O10/c1-61-37-7-11-43-41(29-37)39(15-21-51-43)45(31-55-23-17-33(18-24-55)53-47(57)13-9-35-5-3-27-63-35)65-49(59)50(60)66-46(40-16-22-52-44-12-8-38(62-2)30-42(40)44)32-56-25-19-34(20-26-56)54-48(58)14-10-36-6-4-28-64-36/h3-16,21-22,27-30,33-34,45-46H,17-20,23-26,31-32H2,1-2H3,(H,53,57)(H,54,58)/b13-9+,14-10+/t45-,46-/m1/s1. The lowest BCUT2D eigenvalue weighted by Gasteiger charge is -2.35. The monoisotopic (exact) mass is 896 g/mol. The number of piperidine rings is 2. The number of hydrogen-bond donors (Lipinski definition) is 2. The van der Waals surface area contributed by atoms with Crippen LogP contribution in [-0.2, 0) is 28.7 Å². The maximum absolute atomic E-state index is 14.1. The molecule has 16 nitrogen and oxygen atoms in total. The summed E-state index contributed by atoms with van der Waals surface area (Å²) in [7, 11) is 3.14. The lowest BCUT2D eigenvalue weighted by molar-refractivity contribution is -0.175. The summed E-state index contributed by atoms with van der Waals surface area (Å²) in [5.74, 6) is -0.369. The van der Waals surface area contributed by atoms with E-state index in [4.69, 9.17) is 27.8 Å². The molecule has 2 fully saturated rings. The number of benzene rings is 2. The number of fused-ring (bicyclic) bond motifs is 2. The van der Waals surface area contributed by atoms with Gasteiger partial charge in [-0.05, 0) is 111 Å². The topological polar surface area (TPSA) is 188 Å². The van der Waals surface area contributed by atoms with E-state index >= 15 is 0 Å². The van der Waals surface area contributed by atoms with Crippen molar-refractivity contribution in [2.75, 3.05) is 53.5 Å². The van der Waals surface area contributed by atoms with Crippen LogP contribution in [0, 0.1) is 0 Å². The van der Waals surface area contributed by atoms with E-state index in [1.807, 2.05) is 24.3 Å². The molecule has 2 atom stereocenters. The van der Waals surface area contributed by atoms with Gasteiger partial charge in [0.1, 0.15) is 35.2 Å². The number of esters is 2. The van der Waals surface area contributed by atoms with Crippen LogP contribution in [0.25, 0.3) is 34.0 Å². The van der Waals surface area contributed by atoms with Crippen LogP contribution in [0.3, 0.4) is 0 Å². The third-order valence-corrected chi connectivity index (χ3v) is 11.9. The first kappa shape index (κ1) is 45.3. The summed E-state index contributed by atoms with van der Waals surface area (Å²) in [5.41, 5.74) is 2.62. The molecule has 6 aromatic rings. The van der Waals surface area contributed by atoms with Gasteiger partial charge in [0, 0.05) is 97.8 Å². The Kier molecular flexibility index (Phi) is 14.8. The minimum atomic E-state index is -1.15. The zero-order valence-corrected chi connectivity index (χ0v) is 36.8. The molecule has 0 bridgehead atoms. The predicted octanol–water partition coefficient (Wildman–Crippen LogP) is 6.44. The van der Waals surface area contributed by atoms with Crippen LogP contribution in [0.5, 0.6) is 11.5 Å². The van der Waals surface area contributed by atoms with Crippen molar-refractivity contribution in [1.29, 1.82) is 0 Å². The van der Waals surface area contributed by atoms with Gasteiger partial charge in [0.25, 0.3) is 0 Å². The van der Waals surface area contributed by atoms with Crippen molar-refractivity contribution in [3.63, 3.8) is 0 Å². The Balaban J connectivity index is 0.979. The van der Waals surface area contributed by atoms with E-state index < -0.39 is 24.1 Å². The second kappa shape index (κ2) is 21.6. The number of hydrogen-bond acceptors (Lipinski definition) is 14. The maximum Gasteiger partial charge on any atom is 0.418 e. The zero-order valence-electron chi connectivity index (χ0n) is 36.8. The zero-order chi connectivity index (χ0) is 45.8. The number of carbonyl (C=O) groups excluding carboxylic acids is 4. The Morgan fingerprint density at radius 2 is 1.06 bits per heavy atom. The van der Waals surface area contributed by atoms with Gasteiger partial charge in [-0.2, -0.15) is 0 Å². The highest BCUT2D eigenvalue weighted by Gasteiger charge is 2.33. The SMILES string of the molecule is COc1ccc2nccc([C@@H](CN3CCC(NC(=O)/C=C/c4ccco4)CC3)OC(=O)C(=O)O[C@H](CN3CCC(NC(=O)/C=C/c4ccco4)CC3)c3ccnc4ccc(OC)cc34)c2c1. The summed E-state index contributed by atoms with van der Waals surface area (Å²) in [5, 5.41) is 7.55. The van der Waals surface area contributed by atoms with Crippen molar-refractivity contribution in [2.45, 2.75) is 50.0 Å². The number of methoxy groups -OCH3 is 2. The fraction of sp³-hybridized carbons (Fsp3) is 0.320. The second-order valence-corrected chi connectivity index (χ2v) is 16.2. The Morgan fingerprint density at radius 3 is 1.44 bits per heavy atom. The van der Waals surface area contributed by atoms with Crippen molar-refractivity contribution >= 4 is 57.7 Å². The van der Waals surface area contributed by atoms with E-state index in [2.05, 4.69) is 30.4 Å². The fourth-order valence-electron chi connectivity index (χ4n) is 8.44. The Bertz CT molecular complexity index is 2480. The molecular weight excluding hydrogens is 845 g/mol. The van der Waals surface area contributed by atoms with Crippen LogP contribution in [0.4, 0.5) is 0 Å². The van der Waals surface area contributed by atoms with Gasteiger partial charge in [-0.25, -0.2) is 9.59 Å². The summed E-state index contributed by atoms with van der Waals surface area (Å²) in [6.07, 6.45) is 13.4. The third-order valence-electron chi connectivity index (χ3n) is 11.9. The first-order valence-corrected chi connectivity index (χ1v) is 22.0. The number of carbonyl (C=O) groups is 4. The molecule has 2 saturated heterocycles. The number of pyridine rings is 2. The second-order valence-electron chi connectivity index (χ2n) is 16.2. The largest absolute Gasteiger partial charge is 0.497 e. The van der Waals surface area contributed by atoms with E-state index in [1.54, 1.807) is 99.8 Å². The van der Waals surface area contributed by atoms with Crippen molar-refractivity contribution in [3.05, 3.63) is 133 Å². The average molecular weight is 897 g/mol. The van der Waals surface area contributed by atoms with Gasteiger partial charge in [0.2, 0.25) is 11.8 Å². The van der Waals surface area contributed by atoms with Gasteiger partial charge >= 0.3 is 11.9 Å². The average Bonchev–Trinajstić information content (AvgIpc) is 4.08. The summed E-state index contributed by atoms with van der Waals surface area (Å²) >= 11 is 0. The number of nitrogens with one attached hydrogen (secondary N) is 2. The summed E-state index contributed by atoms with van der Waals surface area (Å²) in [6.45, 7) is 2.91. The first-order valence-electron chi connectivity index (χ1n) is 22.0. The minimum absolute atomic E-state index is 0.0577. The van der Waals surface area contributed by atoms with Crippen LogP contribution in [0.15, 0.2) is 119 Å². The van der Waals surface area contributed by atoms with Crippen LogP contribution < -0.4 is 20.1 Å². The van der Waals surface area contributed by atoms with E-state index in [9.17, 15) is 19.2 Å². The number of nitrogens with zero attached hydrogens (tertiary/aromatic N) is 4. The van der Waals surface area contributed by atoms with Crippen LogP contribution in [-0.4, -0.2) is 109 Å². The molecule has 0 aliphatic carbocycles. The molecule has 6 heterocycles. The number of rotatable bonds is 16. The van der Waals surface area contributed by atoms with Gasteiger partial charge < -0.3 is 38.4 Å². The van der Waals surface area contributed by atoms with Crippen molar-refractivity contribution in [2.24, 2.45) is 0 Å². The number of aromatic nitrogens is 2. The summed E-state index contributed by atoms with van der Waals surface area (Å²) < 4.78 is 34.0. The van der Waals surface area contributed by atoms with E-state index in [1.165, 1.54) is 12.2 Å². The molecule has 66 heavy (non-hydrogen) atoms. The Hall–Kier alpha value is -7.30. The molecule has 4 aromatic heterocycles. The van der Waals surface area contributed by atoms with Crippen LogP contribution >= 0.6 is 0 Å². The molecule has 2 N–H and O–H groups in total. The molecule has 2 amide bonds. The van der Waals surface area contributed by atoms with E-state index in [0.717, 1.165) is 0 Å². The van der Waals surface area contributed by atoms with E-state index in [-0.39, 0.29) is 37.0 Å². The highest BCUT2D eigenvalue weighted by molar-refractivity contribution is 6.29. The van der Waals surface area contributed by atoms with Gasteiger partial charge in [-0.3, -0.25) is 29.4 Å². The lowest BCUT2D eigenvalue weighted by Crippen LogP contribution is -2.46. The number of amides is 2. The van der Waals surface area contributed by atoms with Crippen molar-refractivity contribution in [3.8, 4) is 11.5 Å². The van der Waals surface area contributed by atoms with Crippen LogP contribution in [0.1, 0.15) is 60.5 Å². The molecule has 0 radical (unpaired) electrons. The Morgan fingerprint density at radius 1 is 0.636 bits per heavy atom. The normalized spacial score (nSPS) is 16.3. The summed E-state index contributed by atoms with van der Waals surface area (Å²) in [6, 6.07) is 21.4. The molecular formula is C50H52N6O10. The Labute approximate surface area is 381 Å². The molecule has 0 spiro atoms. The molecule has 2 aromatic carbocycles. The number of likely N-dealkylation sites (tertiary alicyclic amines) is 2. The highest BCUT2D eigenvalue weighted by Crippen LogP contribution is 2.33.